The predicted molar refractivity (Wildman–Crippen MR) is 54.4 cm³/mol. The van der Waals surface area contributed by atoms with Crippen LogP contribution in [-0.4, -0.2) is 38.3 Å². The van der Waals surface area contributed by atoms with Crippen LogP contribution < -0.4 is 5.32 Å². The van der Waals surface area contributed by atoms with Crippen molar-refractivity contribution in [1.82, 2.24) is 24.9 Å². The van der Waals surface area contributed by atoms with Gasteiger partial charge in [0.05, 0.1) is 17.6 Å². The van der Waals surface area contributed by atoms with Gasteiger partial charge in [0.15, 0.2) is 5.65 Å². The third-order valence-corrected chi connectivity index (χ3v) is 2.28. The minimum Gasteiger partial charge on any atom is -0.385 e. The molecule has 1 atom stereocenters. The molecule has 0 saturated carbocycles. The Kier molecular flexibility index (Phi) is 2.61. The Bertz CT molecular complexity index is 466. The average Bonchev–Trinajstić information content (AvgIpc) is 2.54. The van der Waals surface area contributed by atoms with Gasteiger partial charge >= 0.3 is 0 Å². The molecule has 2 rings (SSSR count). The highest BCUT2D eigenvalue weighted by molar-refractivity contribution is 5.40. The van der Waals surface area contributed by atoms with Crippen LogP contribution in [0.4, 0.5) is 0 Å². The molecule has 1 unspecified atom stereocenters. The van der Waals surface area contributed by atoms with Gasteiger partial charge in [-0.05, 0) is 14.0 Å². The summed E-state index contributed by atoms with van der Waals surface area (Å²) in [7, 11) is 1.79. The number of nitrogens with zero attached hydrogens (tertiary/aromatic N) is 4. The summed E-state index contributed by atoms with van der Waals surface area (Å²) in [4.78, 5) is 4.29. The molecule has 2 heterocycles. The number of aromatic nitrogens is 4. The average molecular weight is 207 g/mol. The van der Waals surface area contributed by atoms with Crippen molar-refractivity contribution in [3.05, 3.63) is 23.9 Å². The van der Waals surface area contributed by atoms with E-state index in [9.17, 15) is 5.11 Å². The summed E-state index contributed by atoms with van der Waals surface area (Å²) < 4.78 is 1.75. The van der Waals surface area contributed by atoms with Gasteiger partial charge in [0.25, 0.3) is 0 Å². The first-order valence-electron chi connectivity index (χ1n) is 4.72. The van der Waals surface area contributed by atoms with Crippen molar-refractivity contribution in [3.63, 3.8) is 0 Å². The lowest BCUT2D eigenvalue weighted by Crippen LogP contribution is -2.18. The highest BCUT2D eigenvalue weighted by Crippen LogP contribution is 2.17. The van der Waals surface area contributed by atoms with Crippen molar-refractivity contribution in [1.29, 1.82) is 0 Å². The summed E-state index contributed by atoms with van der Waals surface area (Å²) in [5.74, 6) is 0. The number of nitrogens with one attached hydrogen (secondary N) is 1. The fourth-order valence-electron chi connectivity index (χ4n) is 1.65. The second kappa shape index (κ2) is 3.92. The fourth-order valence-corrected chi connectivity index (χ4v) is 1.65. The van der Waals surface area contributed by atoms with E-state index in [-0.39, 0.29) is 0 Å². The Morgan fingerprint density at radius 1 is 1.53 bits per heavy atom. The van der Waals surface area contributed by atoms with Crippen LogP contribution >= 0.6 is 0 Å². The number of hydrogen-bond acceptors (Lipinski definition) is 5. The molecule has 0 saturated heterocycles. The van der Waals surface area contributed by atoms with Crippen molar-refractivity contribution >= 4 is 5.65 Å². The van der Waals surface area contributed by atoms with Crippen LogP contribution in [0.3, 0.4) is 0 Å². The Labute approximate surface area is 87.0 Å². The summed E-state index contributed by atoms with van der Waals surface area (Å²) >= 11 is 0. The molecular formula is C9H13N5O. The molecule has 80 valence electrons. The molecule has 15 heavy (non-hydrogen) atoms. The molecule has 0 aliphatic rings. The Hall–Kier alpha value is -1.53. The Morgan fingerprint density at radius 2 is 2.33 bits per heavy atom. The van der Waals surface area contributed by atoms with Crippen LogP contribution in [-0.2, 0) is 0 Å². The van der Waals surface area contributed by atoms with Gasteiger partial charge in [-0.15, -0.1) is 5.10 Å². The molecule has 0 spiro atoms. The van der Waals surface area contributed by atoms with Gasteiger partial charge in [-0.2, -0.15) is 5.10 Å². The quantitative estimate of drug-likeness (QED) is 0.721. The zero-order valence-electron chi connectivity index (χ0n) is 8.68. The molecule has 6 heteroatoms. The van der Waals surface area contributed by atoms with Crippen LogP contribution in [0, 0.1) is 6.92 Å². The molecule has 0 fully saturated rings. The lowest BCUT2D eigenvalue weighted by molar-refractivity contribution is 0.171. The van der Waals surface area contributed by atoms with E-state index >= 15 is 0 Å². The summed E-state index contributed by atoms with van der Waals surface area (Å²) in [5.41, 5.74) is 2.26. The van der Waals surface area contributed by atoms with Crippen LogP contribution in [0.1, 0.15) is 17.5 Å². The third kappa shape index (κ3) is 1.69. The van der Waals surface area contributed by atoms with Gasteiger partial charge in [-0.1, -0.05) is 0 Å². The summed E-state index contributed by atoms with van der Waals surface area (Å²) in [6.45, 7) is 2.35. The Morgan fingerprint density at radius 3 is 3.07 bits per heavy atom. The normalized spacial score (nSPS) is 13.3. The molecule has 0 radical (unpaired) electrons. The topological polar surface area (TPSA) is 75.3 Å². The molecule has 0 amide bonds. The lowest BCUT2D eigenvalue weighted by atomic mass is 10.2. The summed E-state index contributed by atoms with van der Waals surface area (Å²) in [6, 6.07) is 0. The molecular weight excluding hydrogens is 194 g/mol. The zero-order chi connectivity index (χ0) is 10.8. The summed E-state index contributed by atoms with van der Waals surface area (Å²) in [5, 5.41) is 20.4. The maximum absolute atomic E-state index is 9.92. The van der Waals surface area contributed by atoms with Crippen molar-refractivity contribution in [2.45, 2.75) is 13.0 Å². The monoisotopic (exact) mass is 207 g/mol. The van der Waals surface area contributed by atoms with Crippen LogP contribution in [0.2, 0.25) is 0 Å². The van der Waals surface area contributed by atoms with Gasteiger partial charge in [-0.25, -0.2) is 4.98 Å². The number of imidazole rings is 1. The lowest BCUT2D eigenvalue weighted by Gasteiger charge is -2.10. The largest absolute Gasteiger partial charge is 0.385 e. The van der Waals surface area contributed by atoms with E-state index in [1.807, 2.05) is 6.92 Å². The third-order valence-electron chi connectivity index (χ3n) is 2.28. The van der Waals surface area contributed by atoms with Crippen LogP contribution in [0.15, 0.2) is 12.5 Å². The predicted octanol–water partition coefficient (Wildman–Crippen LogP) is -0.314. The van der Waals surface area contributed by atoms with Crippen molar-refractivity contribution in [2.75, 3.05) is 13.6 Å². The van der Waals surface area contributed by atoms with Gasteiger partial charge in [0.2, 0.25) is 0 Å². The van der Waals surface area contributed by atoms with Gasteiger partial charge in [-0.3, -0.25) is 4.40 Å². The number of rotatable bonds is 3. The molecule has 0 aromatic carbocycles. The highest BCUT2D eigenvalue weighted by atomic mass is 16.3. The van der Waals surface area contributed by atoms with Crippen molar-refractivity contribution in [3.8, 4) is 0 Å². The number of fused-ring (bicyclic) bond motifs is 1. The SMILES string of the molecule is CNCC(O)c1c(C)nc2cnncn12. The first kappa shape index (κ1) is 10.0. The molecule has 2 N–H and O–H groups in total. The molecule has 0 bridgehead atoms. The van der Waals surface area contributed by atoms with Crippen LogP contribution in [0.25, 0.3) is 5.65 Å². The molecule has 6 nitrogen and oxygen atoms in total. The van der Waals surface area contributed by atoms with E-state index in [2.05, 4.69) is 20.5 Å². The van der Waals surface area contributed by atoms with E-state index in [0.717, 1.165) is 11.4 Å². The van der Waals surface area contributed by atoms with Crippen molar-refractivity contribution < 1.29 is 5.11 Å². The standard InChI is InChI=1S/C9H13N5O/c1-6-9(7(15)3-10-2)14-5-12-11-4-8(14)13-6/h4-5,7,10,15H,3H2,1-2H3. The zero-order valence-corrected chi connectivity index (χ0v) is 8.68. The van der Waals surface area contributed by atoms with Gasteiger partial charge in [0, 0.05) is 6.54 Å². The number of aliphatic hydroxyl groups is 1. The maximum Gasteiger partial charge on any atom is 0.158 e. The fraction of sp³-hybridized carbons (Fsp3) is 0.444. The smallest absolute Gasteiger partial charge is 0.158 e. The minimum absolute atomic E-state index is 0.483. The second-order valence-electron chi connectivity index (χ2n) is 3.36. The number of aliphatic hydroxyl groups excluding tert-OH is 1. The Balaban J connectivity index is 2.53. The molecule has 0 aliphatic carbocycles. The van der Waals surface area contributed by atoms with Gasteiger partial charge in [0.1, 0.15) is 12.4 Å². The molecule has 2 aromatic heterocycles. The molecule has 2 aromatic rings. The maximum atomic E-state index is 9.92. The number of hydrogen-bond donors (Lipinski definition) is 2. The highest BCUT2D eigenvalue weighted by Gasteiger charge is 2.16. The minimum atomic E-state index is -0.589. The first-order valence-corrected chi connectivity index (χ1v) is 4.72. The number of aryl methyl sites for hydroxylation is 1. The molecule has 0 aliphatic heterocycles. The second-order valence-corrected chi connectivity index (χ2v) is 3.36. The van der Waals surface area contributed by atoms with E-state index in [1.165, 1.54) is 0 Å². The van der Waals surface area contributed by atoms with E-state index in [0.29, 0.717) is 12.2 Å². The van der Waals surface area contributed by atoms with E-state index in [4.69, 9.17) is 0 Å². The van der Waals surface area contributed by atoms with E-state index in [1.54, 1.807) is 24.0 Å². The van der Waals surface area contributed by atoms with Crippen LogP contribution in [0.5, 0.6) is 0 Å². The number of likely N-dealkylation sites (N-methyl/N-ethyl adjacent to an activating group) is 1. The van der Waals surface area contributed by atoms with Crippen molar-refractivity contribution in [2.24, 2.45) is 0 Å². The summed E-state index contributed by atoms with van der Waals surface area (Å²) in [6.07, 6.45) is 2.54. The van der Waals surface area contributed by atoms with E-state index < -0.39 is 6.10 Å². The van der Waals surface area contributed by atoms with Gasteiger partial charge < -0.3 is 10.4 Å². The first-order chi connectivity index (χ1) is 7.24.